The van der Waals surface area contributed by atoms with Crippen LogP contribution in [-0.4, -0.2) is 46.3 Å². The highest BCUT2D eigenvalue weighted by atomic mass is 35.5. The average Bonchev–Trinajstić information content (AvgIpc) is 3.07. The molecule has 25 heavy (non-hydrogen) atoms. The average molecular weight is 380 g/mol. The maximum absolute atomic E-state index is 12.0. The quantitative estimate of drug-likeness (QED) is 0.864. The van der Waals surface area contributed by atoms with E-state index in [1.807, 2.05) is 12.1 Å². The minimum Gasteiger partial charge on any atom is -0.368 e. The Morgan fingerprint density at radius 3 is 2.36 bits per heavy atom. The van der Waals surface area contributed by atoms with Crippen molar-refractivity contribution in [1.82, 2.24) is 14.3 Å². The second-order valence-corrected chi connectivity index (χ2v) is 7.64. The minimum atomic E-state index is -0.430. The van der Waals surface area contributed by atoms with E-state index in [2.05, 4.69) is 33.0 Å². The number of nitrogens with zero attached hydrogens (tertiary/aromatic N) is 4. The van der Waals surface area contributed by atoms with Crippen LogP contribution in [0.5, 0.6) is 0 Å². The van der Waals surface area contributed by atoms with Gasteiger partial charge >= 0.3 is 0 Å². The predicted octanol–water partition coefficient (Wildman–Crippen LogP) is 2.66. The van der Waals surface area contributed by atoms with Gasteiger partial charge in [-0.2, -0.15) is 4.37 Å². The molecule has 1 saturated heterocycles. The van der Waals surface area contributed by atoms with Crippen molar-refractivity contribution in [3.63, 3.8) is 0 Å². The number of hydrogen-bond donors (Lipinski definition) is 1. The Morgan fingerprint density at radius 1 is 1.20 bits per heavy atom. The number of nitrogens with two attached hydrogens (primary N) is 1. The minimum absolute atomic E-state index is 0.329. The number of hydrogen-bond acceptors (Lipinski definition) is 6. The Kier molecular flexibility index (Phi) is 5.56. The largest absolute Gasteiger partial charge is 0.368 e. The lowest BCUT2D eigenvalue weighted by molar-refractivity contribution is -0.123. The van der Waals surface area contributed by atoms with E-state index in [0.717, 1.165) is 42.7 Å². The zero-order valence-corrected chi connectivity index (χ0v) is 15.9. The number of anilines is 1. The van der Waals surface area contributed by atoms with E-state index in [1.165, 1.54) is 11.5 Å². The number of amides is 1. The molecule has 134 valence electrons. The molecule has 0 saturated carbocycles. The van der Waals surface area contributed by atoms with Crippen molar-refractivity contribution in [2.45, 2.75) is 25.8 Å². The van der Waals surface area contributed by atoms with Crippen LogP contribution in [-0.2, 0) is 4.79 Å². The van der Waals surface area contributed by atoms with Crippen LogP contribution in [0.2, 0.25) is 5.02 Å². The molecule has 1 aromatic heterocycles. The molecule has 1 aromatic carbocycles. The number of halogens is 1. The van der Waals surface area contributed by atoms with Crippen molar-refractivity contribution in [1.29, 1.82) is 0 Å². The Bertz CT molecular complexity index is 725. The molecule has 2 heterocycles. The van der Waals surface area contributed by atoms with Crippen LogP contribution in [0.3, 0.4) is 0 Å². The van der Waals surface area contributed by atoms with Crippen molar-refractivity contribution in [3.8, 4) is 0 Å². The maximum Gasteiger partial charge on any atom is 0.239 e. The van der Waals surface area contributed by atoms with Crippen molar-refractivity contribution in [2.24, 2.45) is 5.73 Å². The summed E-state index contributed by atoms with van der Waals surface area (Å²) in [6.07, 6.45) is 0. The first-order valence-corrected chi connectivity index (χ1v) is 9.48. The van der Waals surface area contributed by atoms with E-state index < -0.39 is 6.04 Å². The molecule has 1 amide bonds. The van der Waals surface area contributed by atoms with Crippen LogP contribution in [0, 0.1) is 0 Å². The maximum atomic E-state index is 12.0. The van der Waals surface area contributed by atoms with Crippen molar-refractivity contribution < 1.29 is 4.79 Å². The number of piperazine rings is 1. The summed E-state index contributed by atoms with van der Waals surface area (Å²) in [6.45, 7) is 7.26. The molecule has 1 unspecified atom stereocenters. The third kappa shape index (κ3) is 4.11. The fourth-order valence-electron chi connectivity index (χ4n) is 2.96. The van der Waals surface area contributed by atoms with E-state index in [-0.39, 0.29) is 5.91 Å². The number of aromatic nitrogens is 2. The number of carbonyl (C=O) groups excluding carboxylic acids is 1. The van der Waals surface area contributed by atoms with Crippen LogP contribution >= 0.6 is 23.1 Å². The zero-order chi connectivity index (χ0) is 18.0. The molecule has 0 spiro atoms. The van der Waals surface area contributed by atoms with Gasteiger partial charge in [-0.15, -0.1) is 0 Å². The van der Waals surface area contributed by atoms with Crippen LogP contribution < -0.4 is 10.6 Å². The van der Waals surface area contributed by atoms with Gasteiger partial charge in [-0.1, -0.05) is 37.6 Å². The highest BCUT2D eigenvalue weighted by Gasteiger charge is 2.30. The Labute approximate surface area is 156 Å². The molecule has 1 aliphatic rings. The first kappa shape index (κ1) is 18.1. The molecular weight excluding hydrogens is 358 g/mol. The van der Waals surface area contributed by atoms with Gasteiger partial charge in [-0.05, 0) is 17.7 Å². The number of carbonyl (C=O) groups is 1. The standard InChI is InChI=1S/C17H22ClN5OS/c1-11(2)16-20-17(25-21-16)23-9-7-22(8-10-23)14(15(19)24)12-3-5-13(18)6-4-12/h3-6,11,14H,7-10H2,1-2H3,(H2,19,24). The lowest BCUT2D eigenvalue weighted by Crippen LogP contribution is -2.50. The summed E-state index contributed by atoms with van der Waals surface area (Å²) in [5, 5.41) is 1.60. The van der Waals surface area contributed by atoms with Crippen molar-refractivity contribution in [3.05, 3.63) is 40.7 Å². The summed E-state index contributed by atoms with van der Waals surface area (Å²) < 4.78 is 4.42. The van der Waals surface area contributed by atoms with Crippen LogP contribution in [0.25, 0.3) is 0 Å². The topological polar surface area (TPSA) is 75.3 Å². The molecular formula is C17H22ClN5OS. The predicted molar refractivity (Wildman–Crippen MR) is 101 cm³/mol. The van der Waals surface area contributed by atoms with E-state index in [4.69, 9.17) is 17.3 Å². The zero-order valence-electron chi connectivity index (χ0n) is 14.4. The Hall–Kier alpha value is -1.70. The Morgan fingerprint density at radius 2 is 1.84 bits per heavy atom. The second kappa shape index (κ2) is 7.68. The second-order valence-electron chi connectivity index (χ2n) is 6.47. The van der Waals surface area contributed by atoms with Crippen LogP contribution in [0.15, 0.2) is 24.3 Å². The fourth-order valence-corrected chi connectivity index (χ4v) is 3.95. The van der Waals surface area contributed by atoms with E-state index >= 15 is 0 Å². The lowest BCUT2D eigenvalue weighted by Gasteiger charge is -2.38. The van der Waals surface area contributed by atoms with Crippen LogP contribution in [0.4, 0.5) is 5.13 Å². The number of primary amides is 1. The Balaban J connectivity index is 1.68. The van der Waals surface area contributed by atoms with Gasteiger partial charge < -0.3 is 10.6 Å². The molecule has 0 aliphatic carbocycles. The van der Waals surface area contributed by atoms with Crippen molar-refractivity contribution >= 4 is 34.2 Å². The van der Waals surface area contributed by atoms with Gasteiger partial charge in [0.2, 0.25) is 11.0 Å². The van der Waals surface area contributed by atoms with E-state index in [9.17, 15) is 4.79 Å². The van der Waals surface area contributed by atoms with Gasteiger partial charge in [0.05, 0.1) is 0 Å². The third-order valence-electron chi connectivity index (χ3n) is 4.35. The van der Waals surface area contributed by atoms with Gasteiger partial charge in [-0.25, -0.2) is 4.98 Å². The third-order valence-corrected chi connectivity index (χ3v) is 5.40. The van der Waals surface area contributed by atoms with Gasteiger partial charge in [-0.3, -0.25) is 9.69 Å². The smallest absolute Gasteiger partial charge is 0.239 e. The SMILES string of the molecule is CC(C)c1nsc(N2CCN(C(C(N)=O)c3ccc(Cl)cc3)CC2)n1. The number of benzene rings is 1. The molecule has 3 rings (SSSR count). The van der Waals surface area contributed by atoms with E-state index in [1.54, 1.807) is 12.1 Å². The summed E-state index contributed by atoms with van der Waals surface area (Å²) in [7, 11) is 0. The summed E-state index contributed by atoms with van der Waals surface area (Å²) in [5.74, 6) is 0.878. The molecule has 8 heteroatoms. The molecule has 0 bridgehead atoms. The molecule has 2 N–H and O–H groups in total. The van der Waals surface area contributed by atoms with Gasteiger partial charge in [0.1, 0.15) is 11.9 Å². The summed E-state index contributed by atoms with van der Waals surface area (Å²) >= 11 is 7.38. The monoisotopic (exact) mass is 379 g/mol. The highest BCUT2D eigenvalue weighted by Crippen LogP contribution is 2.27. The number of rotatable bonds is 5. The van der Waals surface area contributed by atoms with Gasteiger partial charge in [0.25, 0.3) is 0 Å². The summed E-state index contributed by atoms with van der Waals surface area (Å²) in [4.78, 5) is 21.0. The molecule has 1 fully saturated rings. The molecule has 1 atom stereocenters. The lowest BCUT2D eigenvalue weighted by atomic mass is 10.0. The first-order valence-electron chi connectivity index (χ1n) is 8.33. The van der Waals surface area contributed by atoms with Crippen molar-refractivity contribution in [2.75, 3.05) is 31.1 Å². The normalized spacial score (nSPS) is 17.0. The molecule has 1 aliphatic heterocycles. The van der Waals surface area contributed by atoms with E-state index in [0.29, 0.717) is 10.9 Å². The first-order chi connectivity index (χ1) is 12.0. The van der Waals surface area contributed by atoms with Crippen LogP contribution in [0.1, 0.15) is 37.2 Å². The molecule has 6 nitrogen and oxygen atoms in total. The van der Waals surface area contributed by atoms with Gasteiger partial charge in [0.15, 0.2) is 0 Å². The highest BCUT2D eigenvalue weighted by molar-refractivity contribution is 7.09. The summed E-state index contributed by atoms with van der Waals surface area (Å²) in [6, 6.07) is 6.88. The fraction of sp³-hybridized carbons (Fsp3) is 0.471. The summed E-state index contributed by atoms with van der Waals surface area (Å²) in [5.41, 5.74) is 6.55. The van der Waals surface area contributed by atoms with Gasteiger partial charge in [0, 0.05) is 48.7 Å². The molecule has 2 aromatic rings. The molecule has 0 radical (unpaired) electrons.